The van der Waals surface area contributed by atoms with Gasteiger partial charge in [-0.2, -0.15) is 0 Å². The van der Waals surface area contributed by atoms with Gasteiger partial charge in [-0.15, -0.1) is 0 Å². The van der Waals surface area contributed by atoms with Crippen LogP contribution in [0, 0.1) is 23.0 Å². The van der Waals surface area contributed by atoms with Gasteiger partial charge < -0.3 is 9.47 Å². The zero-order valence-corrected chi connectivity index (χ0v) is 26.6. The minimum atomic E-state index is -0.952. The molecule has 3 amide bonds. The van der Waals surface area contributed by atoms with Gasteiger partial charge in [0.1, 0.15) is 6.04 Å². The van der Waals surface area contributed by atoms with Crippen LogP contribution in [0.15, 0.2) is 97.1 Å². The third kappa shape index (κ3) is 5.41. The maximum atomic E-state index is 14.4. The van der Waals surface area contributed by atoms with E-state index >= 15 is 0 Å². The third-order valence-electron chi connectivity index (χ3n) is 9.17. The van der Waals surface area contributed by atoms with Crippen molar-refractivity contribution in [2.45, 2.75) is 39.3 Å². The largest absolute Gasteiger partial charge is 0.343 e. The lowest BCUT2D eigenvalue weighted by Gasteiger charge is -2.36. The summed E-state index contributed by atoms with van der Waals surface area (Å²) in [6.45, 7) is 5.42. The average Bonchev–Trinajstić information content (AvgIpc) is 3.53. The van der Waals surface area contributed by atoms with Crippen molar-refractivity contribution in [2.75, 3.05) is 0 Å². The molecule has 3 atom stereocenters. The molecular weight excluding hydrogens is 594 g/mol. The summed E-state index contributed by atoms with van der Waals surface area (Å²) in [4.78, 5) is 54.0. The molecule has 0 bridgehead atoms. The molecule has 1 aliphatic heterocycles. The van der Waals surface area contributed by atoms with Crippen LogP contribution in [0.25, 0.3) is 22.2 Å². The number of fused-ring (bicyclic) bond motifs is 2. The first-order valence-electron chi connectivity index (χ1n) is 15.5. The molecule has 0 saturated heterocycles. The lowest BCUT2D eigenvalue weighted by atomic mass is 9.90. The molecule has 0 saturated carbocycles. The maximum Gasteiger partial charge on any atom is 0.272 e. The van der Waals surface area contributed by atoms with Crippen LogP contribution in [0.1, 0.15) is 63.7 Å². The van der Waals surface area contributed by atoms with Gasteiger partial charge in [-0.1, -0.05) is 87.0 Å². The number of hydrazine groups is 1. The van der Waals surface area contributed by atoms with Crippen LogP contribution in [-0.4, -0.2) is 38.2 Å². The lowest BCUT2D eigenvalue weighted by Crippen LogP contribution is -2.55. The Morgan fingerprint density at radius 2 is 1.62 bits per heavy atom. The van der Waals surface area contributed by atoms with Crippen LogP contribution < -0.4 is 10.9 Å². The molecule has 2 heterocycles. The topological polar surface area (TPSA) is 127 Å². The Hall–Kier alpha value is -5.77. The third-order valence-corrected chi connectivity index (χ3v) is 9.17. The molecule has 0 spiro atoms. The number of benzene rings is 4. The number of nitro benzene ring substituents is 1. The highest BCUT2D eigenvalue weighted by molar-refractivity contribution is 6.05. The first-order valence-corrected chi connectivity index (χ1v) is 15.5. The van der Waals surface area contributed by atoms with Gasteiger partial charge in [-0.05, 0) is 48.2 Å². The van der Waals surface area contributed by atoms with Gasteiger partial charge in [0, 0.05) is 46.3 Å². The molecule has 2 N–H and O–H groups in total. The fourth-order valence-electron chi connectivity index (χ4n) is 6.71. The van der Waals surface area contributed by atoms with Gasteiger partial charge in [0.2, 0.25) is 0 Å². The van der Waals surface area contributed by atoms with Crippen LogP contribution in [0.2, 0.25) is 0 Å². The van der Waals surface area contributed by atoms with E-state index in [0.29, 0.717) is 17.5 Å². The summed E-state index contributed by atoms with van der Waals surface area (Å²) in [5, 5.41) is 12.2. The van der Waals surface area contributed by atoms with Crippen LogP contribution in [0.3, 0.4) is 0 Å². The number of para-hydroxylation sites is 1. The molecule has 10 nitrogen and oxygen atoms in total. The Bertz CT molecular complexity index is 2040. The molecule has 10 heteroatoms. The summed E-state index contributed by atoms with van der Waals surface area (Å²) < 4.78 is 2.13. The fourth-order valence-corrected chi connectivity index (χ4v) is 6.71. The molecule has 238 valence electrons. The molecule has 4 aromatic carbocycles. The second-order valence-corrected chi connectivity index (χ2v) is 11.9. The van der Waals surface area contributed by atoms with E-state index in [2.05, 4.69) is 15.4 Å². The lowest BCUT2D eigenvalue weighted by molar-refractivity contribution is -0.385. The highest BCUT2D eigenvalue weighted by Crippen LogP contribution is 2.48. The monoisotopic (exact) mass is 629 g/mol. The molecule has 6 rings (SSSR count). The number of hydrogen-bond acceptors (Lipinski definition) is 5. The van der Waals surface area contributed by atoms with Crippen LogP contribution in [0.5, 0.6) is 0 Å². The van der Waals surface area contributed by atoms with Gasteiger partial charge in [0.25, 0.3) is 23.4 Å². The van der Waals surface area contributed by atoms with Crippen LogP contribution in [-0.2, 0) is 11.8 Å². The van der Waals surface area contributed by atoms with E-state index in [4.69, 9.17) is 0 Å². The second kappa shape index (κ2) is 12.6. The SMILES string of the molecule is CCC(C)C(C(=O)NNC(=O)c1ccc([N+](=O)[O-])c(C)c1)N1C(=O)c2ccccc2C1c1c(-c2ccccc2)n(C)c2ccccc12. The van der Waals surface area contributed by atoms with E-state index in [1.54, 1.807) is 17.9 Å². The number of nitro groups is 1. The Morgan fingerprint density at radius 3 is 2.32 bits per heavy atom. The van der Waals surface area contributed by atoms with E-state index in [1.807, 2.05) is 93.7 Å². The van der Waals surface area contributed by atoms with Crippen molar-refractivity contribution in [2.24, 2.45) is 13.0 Å². The number of rotatable bonds is 8. The van der Waals surface area contributed by atoms with E-state index in [9.17, 15) is 24.5 Å². The average molecular weight is 630 g/mol. The first-order chi connectivity index (χ1) is 22.6. The van der Waals surface area contributed by atoms with Crippen LogP contribution >= 0.6 is 0 Å². The summed E-state index contributed by atoms with van der Waals surface area (Å²) in [6, 6.07) is 28.0. The minimum Gasteiger partial charge on any atom is -0.343 e. The number of aryl methyl sites for hydroxylation is 2. The molecule has 0 aliphatic carbocycles. The maximum absolute atomic E-state index is 14.4. The zero-order chi connectivity index (χ0) is 33.4. The van der Waals surface area contributed by atoms with Gasteiger partial charge >= 0.3 is 0 Å². The number of carbonyl (C=O) groups excluding carboxylic acids is 3. The smallest absolute Gasteiger partial charge is 0.272 e. The minimum absolute atomic E-state index is 0.108. The Balaban J connectivity index is 1.44. The second-order valence-electron chi connectivity index (χ2n) is 11.9. The Kier molecular flexibility index (Phi) is 8.34. The number of nitrogens with zero attached hydrogens (tertiary/aromatic N) is 3. The summed E-state index contributed by atoms with van der Waals surface area (Å²) in [6.07, 6.45) is 0.585. The van der Waals surface area contributed by atoms with Crippen molar-refractivity contribution in [3.8, 4) is 11.3 Å². The highest BCUT2D eigenvalue weighted by Gasteiger charge is 2.47. The van der Waals surface area contributed by atoms with Crippen molar-refractivity contribution < 1.29 is 19.3 Å². The van der Waals surface area contributed by atoms with Crippen molar-refractivity contribution in [3.05, 3.63) is 135 Å². The van der Waals surface area contributed by atoms with Gasteiger partial charge in [-0.25, -0.2) is 0 Å². The number of amides is 3. The van der Waals surface area contributed by atoms with Crippen molar-refractivity contribution in [3.63, 3.8) is 0 Å². The standard InChI is InChI=1S/C37H35N5O5/c1-5-22(2)32(36(44)39-38-35(43)25-19-20-29(42(46)47)23(3)21-25)41-34(26-15-9-10-16-27(26)37(41)45)31-28-17-11-12-18-30(28)40(4)33(31)24-13-7-6-8-14-24/h6-22,32,34H,5H2,1-4H3,(H,38,43)(H,39,44). The molecule has 1 aromatic heterocycles. The van der Waals surface area contributed by atoms with Crippen molar-refractivity contribution in [1.82, 2.24) is 20.3 Å². The molecule has 5 aromatic rings. The normalized spacial score (nSPS) is 15.3. The number of aromatic nitrogens is 1. The fraction of sp³-hybridized carbons (Fsp3) is 0.216. The molecule has 47 heavy (non-hydrogen) atoms. The van der Waals surface area contributed by atoms with E-state index in [-0.39, 0.29) is 23.1 Å². The first kappa shape index (κ1) is 31.2. The molecular formula is C37H35N5O5. The summed E-state index contributed by atoms with van der Waals surface area (Å²) in [5.41, 5.74) is 10.6. The molecule has 0 fully saturated rings. The van der Waals surface area contributed by atoms with E-state index in [1.165, 1.54) is 18.2 Å². The quantitative estimate of drug-likeness (QED) is 0.150. The van der Waals surface area contributed by atoms with Gasteiger partial charge in [0.05, 0.1) is 16.7 Å². The van der Waals surface area contributed by atoms with E-state index < -0.39 is 28.8 Å². The number of hydrogen-bond donors (Lipinski definition) is 2. The van der Waals surface area contributed by atoms with Gasteiger partial charge in [0.15, 0.2) is 0 Å². The summed E-state index contributed by atoms with van der Waals surface area (Å²) in [5.74, 6) is -1.73. The molecule has 0 radical (unpaired) electrons. The predicted octanol–water partition coefficient (Wildman–Crippen LogP) is 6.48. The highest BCUT2D eigenvalue weighted by atomic mass is 16.6. The van der Waals surface area contributed by atoms with Gasteiger partial charge in [-0.3, -0.25) is 35.3 Å². The predicted molar refractivity (Wildman–Crippen MR) is 179 cm³/mol. The summed E-state index contributed by atoms with van der Waals surface area (Å²) >= 11 is 0. The zero-order valence-electron chi connectivity index (χ0n) is 26.6. The van der Waals surface area contributed by atoms with Crippen LogP contribution in [0.4, 0.5) is 5.69 Å². The van der Waals surface area contributed by atoms with Crippen molar-refractivity contribution in [1.29, 1.82) is 0 Å². The number of nitrogens with one attached hydrogen (secondary N) is 2. The molecule has 1 aliphatic rings. The molecule has 3 unspecified atom stereocenters. The Labute approximate surface area is 272 Å². The Morgan fingerprint density at radius 1 is 0.936 bits per heavy atom. The van der Waals surface area contributed by atoms with Crippen molar-refractivity contribution >= 4 is 34.3 Å². The summed E-state index contributed by atoms with van der Waals surface area (Å²) in [7, 11) is 2.01. The number of carbonyl (C=O) groups is 3. The van der Waals surface area contributed by atoms with E-state index in [0.717, 1.165) is 33.3 Å².